The van der Waals surface area contributed by atoms with Crippen molar-refractivity contribution < 1.29 is 22.1 Å². The zero-order valence-corrected chi connectivity index (χ0v) is 12.2. The molecular formula is C15H16O5S. The van der Waals surface area contributed by atoms with E-state index in [0.29, 0.717) is 24.0 Å². The Balaban J connectivity index is 1.61. The average molecular weight is 308 g/mol. The van der Waals surface area contributed by atoms with Gasteiger partial charge in [-0.25, -0.2) is 4.18 Å². The molecule has 2 bridgehead atoms. The van der Waals surface area contributed by atoms with E-state index < -0.39 is 15.9 Å². The Bertz CT molecular complexity index is 715. The van der Waals surface area contributed by atoms with Crippen LogP contribution in [-0.4, -0.2) is 26.4 Å². The van der Waals surface area contributed by atoms with E-state index in [-0.39, 0.29) is 17.1 Å². The Morgan fingerprint density at radius 2 is 1.95 bits per heavy atom. The van der Waals surface area contributed by atoms with Gasteiger partial charge in [-0.05, 0) is 36.8 Å². The fraction of sp³-hybridized carbons (Fsp3) is 0.600. The van der Waals surface area contributed by atoms with Gasteiger partial charge in [0, 0.05) is 6.42 Å². The van der Waals surface area contributed by atoms with E-state index in [1.807, 2.05) is 0 Å². The van der Waals surface area contributed by atoms with E-state index in [0.717, 1.165) is 6.42 Å². The Morgan fingerprint density at radius 3 is 2.86 bits per heavy atom. The first-order valence-electron chi connectivity index (χ1n) is 7.48. The third-order valence-electron chi connectivity index (χ3n) is 5.38. The third-order valence-corrected chi connectivity index (χ3v) is 6.76. The molecule has 5 rings (SSSR count). The summed E-state index contributed by atoms with van der Waals surface area (Å²) >= 11 is 0. The second-order valence-electron chi connectivity index (χ2n) is 6.46. The highest BCUT2D eigenvalue weighted by Crippen LogP contribution is 2.58. The van der Waals surface area contributed by atoms with Crippen LogP contribution in [0.15, 0.2) is 29.2 Å². The van der Waals surface area contributed by atoms with Gasteiger partial charge in [0.05, 0.1) is 6.10 Å². The van der Waals surface area contributed by atoms with Gasteiger partial charge >= 0.3 is 10.1 Å². The molecule has 2 saturated heterocycles. The van der Waals surface area contributed by atoms with Gasteiger partial charge in [0.15, 0.2) is 0 Å². The van der Waals surface area contributed by atoms with Crippen molar-refractivity contribution in [1.82, 2.24) is 0 Å². The number of ether oxygens (including phenoxy) is 2. The molecule has 112 valence electrons. The molecule has 0 N–H and O–H groups in total. The topological polar surface area (TPSA) is 61.8 Å². The maximum atomic E-state index is 12.4. The van der Waals surface area contributed by atoms with Gasteiger partial charge < -0.3 is 9.47 Å². The molecule has 0 amide bonds. The van der Waals surface area contributed by atoms with Crippen molar-refractivity contribution >= 4 is 10.1 Å². The van der Waals surface area contributed by atoms with Crippen molar-refractivity contribution in [1.29, 1.82) is 0 Å². The van der Waals surface area contributed by atoms with Crippen LogP contribution in [0, 0.1) is 11.8 Å². The highest BCUT2D eigenvalue weighted by molar-refractivity contribution is 7.87. The normalized spacial score (nSPS) is 45.3. The van der Waals surface area contributed by atoms with Gasteiger partial charge in [0.25, 0.3) is 5.79 Å². The van der Waals surface area contributed by atoms with Crippen LogP contribution in [0.25, 0.3) is 0 Å². The van der Waals surface area contributed by atoms with E-state index in [9.17, 15) is 8.42 Å². The van der Waals surface area contributed by atoms with Gasteiger partial charge in [-0.3, -0.25) is 0 Å². The zero-order chi connectivity index (χ0) is 14.2. The minimum atomic E-state index is -3.79. The molecule has 1 spiro atoms. The average Bonchev–Trinajstić information content (AvgIpc) is 3.09. The smallest absolute Gasteiger partial charge is 0.304 e. The standard InChI is InChI=1S/C15H16O5S/c16-21(17)13-7-2-1-6-11(13)19-15(20-21)8-12-9-4-3-5-10(9)14(15)18-12/h1-2,6-7,9-10,12,14H,3-5,8H2. The molecule has 21 heavy (non-hydrogen) atoms. The molecule has 1 aromatic rings. The number of fused-ring (bicyclic) bond motifs is 7. The minimum absolute atomic E-state index is 0.0722. The number of para-hydroxylation sites is 1. The van der Waals surface area contributed by atoms with Crippen molar-refractivity contribution in [3.05, 3.63) is 24.3 Å². The van der Waals surface area contributed by atoms with Crippen molar-refractivity contribution in [2.45, 2.75) is 48.6 Å². The van der Waals surface area contributed by atoms with E-state index in [4.69, 9.17) is 13.7 Å². The summed E-state index contributed by atoms with van der Waals surface area (Å²) in [5, 5.41) is 0. The van der Waals surface area contributed by atoms with Crippen LogP contribution in [0.3, 0.4) is 0 Å². The molecule has 5 nitrogen and oxygen atoms in total. The second-order valence-corrected chi connectivity index (χ2v) is 7.97. The summed E-state index contributed by atoms with van der Waals surface area (Å²) in [7, 11) is -3.79. The summed E-state index contributed by atoms with van der Waals surface area (Å²) in [6.07, 6.45) is 3.74. The first-order valence-corrected chi connectivity index (χ1v) is 8.89. The third kappa shape index (κ3) is 1.50. The van der Waals surface area contributed by atoms with Gasteiger partial charge in [-0.1, -0.05) is 18.6 Å². The SMILES string of the molecule is O=S1(=O)OC2(CC3OC2C2CCCC32)Oc2ccccc21. The molecule has 5 unspecified atom stereocenters. The summed E-state index contributed by atoms with van der Waals surface area (Å²) in [5.74, 6) is 0.148. The van der Waals surface area contributed by atoms with Crippen LogP contribution in [0.5, 0.6) is 5.75 Å². The lowest BCUT2D eigenvalue weighted by atomic mass is 9.78. The van der Waals surface area contributed by atoms with Crippen LogP contribution >= 0.6 is 0 Å². The molecule has 1 saturated carbocycles. The summed E-state index contributed by atoms with van der Waals surface area (Å²) in [4.78, 5) is 0.112. The molecule has 4 aliphatic rings. The molecule has 3 heterocycles. The quantitative estimate of drug-likeness (QED) is 0.687. The van der Waals surface area contributed by atoms with Gasteiger partial charge in [0.2, 0.25) is 0 Å². The Morgan fingerprint density at radius 1 is 1.14 bits per heavy atom. The molecular weight excluding hydrogens is 292 g/mol. The van der Waals surface area contributed by atoms with Gasteiger partial charge in [-0.15, -0.1) is 0 Å². The molecule has 1 aliphatic carbocycles. The van der Waals surface area contributed by atoms with E-state index >= 15 is 0 Å². The molecule has 0 aromatic heterocycles. The minimum Gasteiger partial charge on any atom is -0.457 e. The lowest BCUT2D eigenvalue weighted by Gasteiger charge is -2.41. The van der Waals surface area contributed by atoms with Crippen molar-refractivity contribution in [2.24, 2.45) is 11.8 Å². The maximum absolute atomic E-state index is 12.4. The predicted molar refractivity (Wildman–Crippen MR) is 72.2 cm³/mol. The summed E-state index contributed by atoms with van der Waals surface area (Å²) in [5.41, 5.74) is 0. The number of rotatable bonds is 0. The molecule has 0 radical (unpaired) electrons. The molecule has 6 heteroatoms. The van der Waals surface area contributed by atoms with Crippen LogP contribution < -0.4 is 4.74 Å². The summed E-state index contributed by atoms with van der Waals surface area (Å²) < 4.78 is 42.5. The molecule has 3 aliphatic heterocycles. The molecule has 5 atom stereocenters. The lowest BCUT2D eigenvalue weighted by molar-refractivity contribution is -0.169. The summed E-state index contributed by atoms with van der Waals surface area (Å²) in [6, 6.07) is 6.66. The summed E-state index contributed by atoms with van der Waals surface area (Å²) in [6.45, 7) is 0. The van der Waals surface area contributed by atoms with E-state index in [1.165, 1.54) is 18.9 Å². The predicted octanol–water partition coefficient (Wildman–Crippen LogP) is 2.07. The number of benzene rings is 1. The highest BCUT2D eigenvalue weighted by Gasteiger charge is 2.68. The largest absolute Gasteiger partial charge is 0.457 e. The first-order chi connectivity index (χ1) is 10.1. The van der Waals surface area contributed by atoms with Crippen molar-refractivity contribution in [2.75, 3.05) is 0 Å². The maximum Gasteiger partial charge on any atom is 0.304 e. The monoisotopic (exact) mass is 308 g/mol. The van der Waals surface area contributed by atoms with Crippen LogP contribution in [0.2, 0.25) is 0 Å². The first kappa shape index (κ1) is 12.4. The van der Waals surface area contributed by atoms with Gasteiger partial charge in [-0.2, -0.15) is 8.42 Å². The van der Waals surface area contributed by atoms with Crippen LogP contribution in [-0.2, 0) is 19.0 Å². The van der Waals surface area contributed by atoms with Crippen molar-refractivity contribution in [3.63, 3.8) is 0 Å². The molecule has 3 fully saturated rings. The Hall–Kier alpha value is -1.11. The van der Waals surface area contributed by atoms with Crippen molar-refractivity contribution in [3.8, 4) is 5.75 Å². The highest BCUT2D eigenvalue weighted by atomic mass is 32.2. The fourth-order valence-electron chi connectivity index (χ4n) is 4.63. The Kier molecular flexibility index (Phi) is 2.25. The van der Waals surface area contributed by atoms with E-state index in [1.54, 1.807) is 18.2 Å². The number of hydrogen-bond acceptors (Lipinski definition) is 5. The van der Waals surface area contributed by atoms with Crippen LogP contribution in [0.4, 0.5) is 0 Å². The second kappa shape index (κ2) is 3.80. The number of hydrogen-bond donors (Lipinski definition) is 0. The fourth-order valence-corrected chi connectivity index (χ4v) is 5.89. The molecule has 1 aromatic carbocycles. The van der Waals surface area contributed by atoms with Gasteiger partial charge in [0.1, 0.15) is 16.7 Å². The van der Waals surface area contributed by atoms with Crippen LogP contribution in [0.1, 0.15) is 25.7 Å². The zero-order valence-electron chi connectivity index (χ0n) is 11.4. The Labute approximate surface area is 123 Å². The lowest BCUT2D eigenvalue weighted by Crippen LogP contribution is -2.55. The van der Waals surface area contributed by atoms with E-state index in [2.05, 4.69) is 0 Å².